The molecule has 0 saturated carbocycles. The van der Waals surface area contributed by atoms with Crippen molar-refractivity contribution in [3.05, 3.63) is 35.9 Å². The smallest absolute Gasteiger partial charge is 0.235 e. The Morgan fingerprint density at radius 3 is 2.76 bits per heavy atom. The molecule has 3 N–H and O–H groups in total. The normalized spacial score (nSPS) is 12.1. The van der Waals surface area contributed by atoms with E-state index in [9.17, 15) is 4.79 Å². The van der Waals surface area contributed by atoms with Gasteiger partial charge in [-0.2, -0.15) is 0 Å². The van der Waals surface area contributed by atoms with E-state index in [1.807, 2.05) is 30.3 Å². The largest absolute Gasteiger partial charge is 0.329 e. The SMILES string of the molecule is NCC(C(=O)Nc1nnns1)c1ccccc1. The van der Waals surface area contributed by atoms with Gasteiger partial charge in [-0.15, -0.1) is 0 Å². The van der Waals surface area contributed by atoms with E-state index in [1.54, 1.807) is 0 Å². The Balaban J connectivity index is 2.11. The highest BCUT2D eigenvalue weighted by atomic mass is 32.1. The Kier molecular flexibility index (Phi) is 3.73. The summed E-state index contributed by atoms with van der Waals surface area (Å²) < 4.78 is 3.57. The Morgan fingerprint density at radius 1 is 1.41 bits per heavy atom. The number of amides is 1. The molecule has 2 rings (SSSR count). The number of hydrogen-bond donors (Lipinski definition) is 2. The van der Waals surface area contributed by atoms with Crippen molar-refractivity contribution in [2.75, 3.05) is 11.9 Å². The molecule has 0 spiro atoms. The van der Waals surface area contributed by atoms with E-state index in [0.29, 0.717) is 5.13 Å². The second-order valence-corrected chi connectivity index (χ2v) is 4.09. The van der Waals surface area contributed by atoms with Crippen molar-refractivity contribution in [2.24, 2.45) is 5.73 Å². The quantitative estimate of drug-likeness (QED) is 0.828. The van der Waals surface area contributed by atoms with Crippen LogP contribution in [0.1, 0.15) is 11.5 Å². The maximum Gasteiger partial charge on any atom is 0.235 e. The van der Waals surface area contributed by atoms with Crippen molar-refractivity contribution in [1.82, 2.24) is 14.8 Å². The lowest BCUT2D eigenvalue weighted by Gasteiger charge is -2.13. The molecule has 1 amide bonds. The van der Waals surface area contributed by atoms with Crippen LogP contribution in [0.5, 0.6) is 0 Å². The zero-order chi connectivity index (χ0) is 12.1. The highest BCUT2D eigenvalue weighted by molar-refractivity contribution is 7.09. The summed E-state index contributed by atoms with van der Waals surface area (Å²) in [6, 6.07) is 9.38. The van der Waals surface area contributed by atoms with Gasteiger partial charge in [-0.1, -0.05) is 39.9 Å². The van der Waals surface area contributed by atoms with Crippen LogP contribution in [-0.2, 0) is 4.79 Å². The third kappa shape index (κ3) is 2.83. The van der Waals surface area contributed by atoms with E-state index in [1.165, 1.54) is 0 Å². The van der Waals surface area contributed by atoms with Gasteiger partial charge in [0.05, 0.1) is 5.92 Å². The van der Waals surface area contributed by atoms with Gasteiger partial charge >= 0.3 is 0 Å². The van der Waals surface area contributed by atoms with Crippen LogP contribution >= 0.6 is 11.5 Å². The molecule has 0 fully saturated rings. The monoisotopic (exact) mass is 249 g/mol. The third-order valence-corrected chi connectivity index (χ3v) is 2.79. The van der Waals surface area contributed by atoms with Gasteiger partial charge in [0.2, 0.25) is 11.0 Å². The van der Waals surface area contributed by atoms with Crippen LogP contribution in [0.4, 0.5) is 5.13 Å². The van der Waals surface area contributed by atoms with E-state index in [-0.39, 0.29) is 18.4 Å². The summed E-state index contributed by atoms with van der Waals surface area (Å²) in [5, 5.41) is 10.1. The minimum Gasteiger partial charge on any atom is -0.329 e. The van der Waals surface area contributed by atoms with Gasteiger partial charge < -0.3 is 5.73 Å². The molecule has 0 aliphatic carbocycles. The number of aromatic nitrogens is 3. The van der Waals surface area contributed by atoms with E-state index in [2.05, 4.69) is 20.1 Å². The molecule has 1 unspecified atom stereocenters. The van der Waals surface area contributed by atoms with Gasteiger partial charge in [-0.25, -0.2) is 0 Å². The molecule has 0 radical (unpaired) electrons. The van der Waals surface area contributed by atoms with Crippen LogP contribution in [0.3, 0.4) is 0 Å². The molecule has 1 aromatic carbocycles. The fourth-order valence-corrected chi connectivity index (χ4v) is 1.82. The lowest BCUT2D eigenvalue weighted by Crippen LogP contribution is -2.27. The van der Waals surface area contributed by atoms with Gasteiger partial charge in [0.1, 0.15) is 0 Å². The molecular weight excluding hydrogens is 238 g/mol. The number of carbonyl (C=O) groups excluding carboxylic acids is 1. The Morgan fingerprint density at radius 2 is 2.18 bits per heavy atom. The molecule has 0 aliphatic heterocycles. The summed E-state index contributed by atoms with van der Waals surface area (Å²) in [7, 11) is 0. The van der Waals surface area contributed by atoms with Gasteiger partial charge in [0, 0.05) is 18.1 Å². The number of benzene rings is 1. The highest BCUT2D eigenvalue weighted by Crippen LogP contribution is 2.17. The lowest BCUT2D eigenvalue weighted by atomic mass is 9.99. The van der Waals surface area contributed by atoms with Gasteiger partial charge in [0.15, 0.2) is 0 Å². The maximum atomic E-state index is 12.0. The first-order valence-electron chi connectivity index (χ1n) is 5.02. The second-order valence-electron chi connectivity index (χ2n) is 3.36. The average molecular weight is 249 g/mol. The van der Waals surface area contributed by atoms with Crippen LogP contribution < -0.4 is 11.1 Å². The van der Waals surface area contributed by atoms with Crippen molar-refractivity contribution >= 4 is 22.6 Å². The van der Waals surface area contributed by atoms with Crippen molar-refractivity contribution in [3.8, 4) is 0 Å². The first kappa shape index (κ1) is 11.6. The summed E-state index contributed by atoms with van der Waals surface area (Å²) in [6.07, 6.45) is 0. The van der Waals surface area contributed by atoms with E-state index in [0.717, 1.165) is 17.1 Å². The summed E-state index contributed by atoms with van der Waals surface area (Å²) >= 11 is 1.03. The number of nitrogens with zero attached hydrogens (tertiary/aromatic N) is 3. The van der Waals surface area contributed by atoms with Crippen LogP contribution in [0.25, 0.3) is 0 Å². The lowest BCUT2D eigenvalue weighted by molar-refractivity contribution is -0.117. The third-order valence-electron chi connectivity index (χ3n) is 2.28. The van der Waals surface area contributed by atoms with Gasteiger partial charge in [-0.3, -0.25) is 10.1 Å². The number of carbonyl (C=O) groups is 1. The molecule has 1 aromatic heterocycles. The average Bonchev–Trinajstić information content (AvgIpc) is 2.84. The Labute approximate surface area is 102 Å². The van der Waals surface area contributed by atoms with E-state index < -0.39 is 0 Å². The molecule has 7 heteroatoms. The van der Waals surface area contributed by atoms with Crippen molar-refractivity contribution in [3.63, 3.8) is 0 Å². The molecule has 88 valence electrons. The standard InChI is InChI=1S/C10H11N5OS/c11-6-8(7-4-2-1-3-5-7)9(16)12-10-13-14-15-17-10/h1-5,8H,6,11H2,(H,12,13,15,16). The molecule has 2 aromatic rings. The molecule has 0 aliphatic rings. The second kappa shape index (κ2) is 5.46. The van der Waals surface area contributed by atoms with Crippen LogP contribution in [0, 0.1) is 0 Å². The van der Waals surface area contributed by atoms with Crippen LogP contribution in [0.2, 0.25) is 0 Å². The number of nitrogens with one attached hydrogen (secondary N) is 1. The summed E-state index contributed by atoms with van der Waals surface area (Å²) in [5.74, 6) is -0.586. The highest BCUT2D eigenvalue weighted by Gasteiger charge is 2.19. The molecule has 1 heterocycles. The number of anilines is 1. The first-order valence-corrected chi connectivity index (χ1v) is 5.79. The fourth-order valence-electron chi connectivity index (χ4n) is 1.45. The van der Waals surface area contributed by atoms with Crippen molar-refractivity contribution in [2.45, 2.75) is 5.92 Å². The number of hydrogen-bond acceptors (Lipinski definition) is 6. The molecule has 0 saturated heterocycles. The van der Waals surface area contributed by atoms with E-state index >= 15 is 0 Å². The topological polar surface area (TPSA) is 93.8 Å². The zero-order valence-corrected chi connectivity index (χ0v) is 9.72. The Bertz CT molecular complexity index is 473. The molecule has 17 heavy (non-hydrogen) atoms. The zero-order valence-electron chi connectivity index (χ0n) is 8.91. The van der Waals surface area contributed by atoms with Crippen molar-refractivity contribution < 1.29 is 4.79 Å². The summed E-state index contributed by atoms with van der Waals surface area (Å²) in [5.41, 5.74) is 6.51. The number of nitrogens with two attached hydrogens (primary N) is 1. The summed E-state index contributed by atoms with van der Waals surface area (Å²) in [6.45, 7) is 0.238. The minimum atomic E-state index is -0.389. The Hall–Kier alpha value is -1.86. The van der Waals surface area contributed by atoms with E-state index in [4.69, 9.17) is 5.73 Å². The van der Waals surface area contributed by atoms with Gasteiger partial charge in [-0.05, 0) is 10.8 Å². The minimum absolute atomic E-state index is 0.197. The predicted octanol–water partition coefficient (Wildman–Crippen LogP) is 0.614. The number of rotatable bonds is 4. The van der Waals surface area contributed by atoms with Crippen molar-refractivity contribution in [1.29, 1.82) is 0 Å². The molecular formula is C10H11N5OS. The van der Waals surface area contributed by atoms with Crippen LogP contribution in [-0.4, -0.2) is 27.3 Å². The predicted molar refractivity (Wildman–Crippen MR) is 64.6 cm³/mol. The first-order chi connectivity index (χ1) is 8.31. The molecule has 1 atom stereocenters. The fraction of sp³-hybridized carbons (Fsp3) is 0.200. The maximum absolute atomic E-state index is 12.0. The molecule has 6 nitrogen and oxygen atoms in total. The molecule has 0 bridgehead atoms. The van der Waals surface area contributed by atoms with Crippen LogP contribution in [0.15, 0.2) is 30.3 Å². The summed E-state index contributed by atoms with van der Waals surface area (Å²) in [4.78, 5) is 12.0. The van der Waals surface area contributed by atoms with Gasteiger partial charge in [0.25, 0.3) is 0 Å².